The van der Waals surface area contributed by atoms with Crippen LogP contribution in [0.15, 0.2) is 0 Å². The van der Waals surface area contributed by atoms with Crippen LogP contribution in [-0.2, 0) is 0 Å². The molecule has 1 N–H and O–H groups in total. The number of hydrogen-bond acceptors (Lipinski definition) is 2. The minimum Gasteiger partial charge on any atom is -0.396 e. The van der Waals surface area contributed by atoms with Crippen molar-refractivity contribution in [3.63, 3.8) is 0 Å². The minimum absolute atomic E-state index is 0.265. The largest absolute Gasteiger partial charge is 0.396 e. The highest BCUT2D eigenvalue weighted by Crippen LogP contribution is 2.40. The molecule has 1 aliphatic heterocycles. The zero-order valence-electron chi connectivity index (χ0n) is 10.3. The second-order valence-corrected chi connectivity index (χ2v) is 5.97. The first-order valence-corrected chi connectivity index (χ1v) is 5.64. The molecule has 84 valence electrons. The van der Waals surface area contributed by atoms with Crippen LogP contribution in [0.5, 0.6) is 0 Å². The molecule has 1 heterocycles. The normalized spacial score (nSPS) is 27.9. The molecule has 1 saturated heterocycles. The summed E-state index contributed by atoms with van der Waals surface area (Å²) in [5.74, 6) is 0.682. The van der Waals surface area contributed by atoms with E-state index in [9.17, 15) is 0 Å². The van der Waals surface area contributed by atoms with Gasteiger partial charge in [-0.25, -0.2) is 0 Å². The van der Waals surface area contributed by atoms with Crippen LogP contribution in [-0.4, -0.2) is 34.7 Å². The average Bonchev–Trinajstić information content (AvgIpc) is 1.99. The van der Waals surface area contributed by atoms with Crippen LogP contribution >= 0.6 is 0 Å². The van der Waals surface area contributed by atoms with Gasteiger partial charge >= 0.3 is 0 Å². The summed E-state index contributed by atoms with van der Waals surface area (Å²) in [7, 11) is 2.22. The van der Waals surface area contributed by atoms with Crippen molar-refractivity contribution in [1.29, 1.82) is 0 Å². The van der Waals surface area contributed by atoms with Crippen molar-refractivity contribution >= 4 is 0 Å². The first-order valence-electron chi connectivity index (χ1n) is 5.64. The van der Waals surface area contributed by atoms with Crippen LogP contribution < -0.4 is 0 Å². The van der Waals surface area contributed by atoms with Crippen molar-refractivity contribution in [2.24, 2.45) is 5.92 Å². The predicted molar refractivity (Wildman–Crippen MR) is 60.3 cm³/mol. The van der Waals surface area contributed by atoms with E-state index in [-0.39, 0.29) is 11.1 Å². The maximum absolute atomic E-state index is 9.01. The average molecular weight is 199 g/mol. The van der Waals surface area contributed by atoms with Crippen molar-refractivity contribution in [2.45, 2.75) is 58.0 Å². The molecule has 0 spiro atoms. The Bertz CT molecular complexity index is 180. The molecule has 0 saturated carbocycles. The molecule has 0 radical (unpaired) electrons. The highest BCUT2D eigenvalue weighted by molar-refractivity contribution is 4.97. The van der Waals surface area contributed by atoms with E-state index in [1.165, 1.54) is 12.8 Å². The lowest BCUT2D eigenvalue weighted by Gasteiger charge is -2.53. The maximum Gasteiger partial charge on any atom is 0.0433 e. The molecular formula is C12H25NO. The molecule has 0 atom stereocenters. The van der Waals surface area contributed by atoms with Crippen LogP contribution in [0.25, 0.3) is 0 Å². The summed E-state index contributed by atoms with van der Waals surface area (Å²) in [6.07, 6.45) is 3.36. The third-order valence-electron chi connectivity index (χ3n) is 3.93. The Morgan fingerprint density at radius 3 is 1.93 bits per heavy atom. The standard InChI is InChI=1S/C12H25NO/c1-11(2)8-10(6-7-14)9-12(3,4)13(11)5/h10,14H,6-9H2,1-5H3. The van der Waals surface area contributed by atoms with Gasteiger partial charge in [0.05, 0.1) is 0 Å². The molecule has 1 aliphatic rings. The van der Waals surface area contributed by atoms with Crippen molar-refractivity contribution in [3.8, 4) is 0 Å². The summed E-state index contributed by atoms with van der Waals surface area (Å²) in [4.78, 5) is 2.48. The van der Waals surface area contributed by atoms with Gasteiger partial charge in [0.1, 0.15) is 0 Å². The SMILES string of the molecule is CN1C(C)(C)CC(CCO)CC1(C)C. The van der Waals surface area contributed by atoms with E-state index in [1.807, 2.05) is 0 Å². The smallest absolute Gasteiger partial charge is 0.0433 e. The first-order chi connectivity index (χ1) is 6.29. The number of aliphatic hydroxyl groups excluding tert-OH is 1. The van der Waals surface area contributed by atoms with Crippen LogP contribution in [0.1, 0.15) is 47.0 Å². The second-order valence-electron chi connectivity index (χ2n) is 5.97. The Balaban J connectivity index is 2.75. The third-order valence-corrected chi connectivity index (χ3v) is 3.93. The van der Waals surface area contributed by atoms with Crippen molar-refractivity contribution < 1.29 is 5.11 Å². The molecule has 0 aliphatic carbocycles. The molecule has 0 aromatic carbocycles. The molecule has 0 amide bonds. The Kier molecular flexibility index (Phi) is 3.27. The molecule has 2 nitrogen and oxygen atoms in total. The Labute approximate surface area is 88.3 Å². The van der Waals surface area contributed by atoms with Crippen LogP contribution in [0.2, 0.25) is 0 Å². The van der Waals surface area contributed by atoms with Gasteiger partial charge in [-0.3, -0.25) is 4.90 Å². The molecule has 1 fully saturated rings. The van der Waals surface area contributed by atoms with Gasteiger partial charge in [-0.15, -0.1) is 0 Å². The van der Waals surface area contributed by atoms with Crippen LogP contribution in [0.4, 0.5) is 0 Å². The lowest BCUT2D eigenvalue weighted by Crippen LogP contribution is -2.58. The predicted octanol–water partition coefficient (Wildman–Crippen LogP) is 2.27. The summed E-state index contributed by atoms with van der Waals surface area (Å²) < 4.78 is 0. The van der Waals surface area contributed by atoms with Crippen molar-refractivity contribution in [1.82, 2.24) is 4.90 Å². The molecule has 0 aromatic heterocycles. The fourth-order valence-electron chi connectivity index (χ4n) is 2.96. The number of hydrogen-bond donors (Lipinski definition) is 1. The number of nitrogens with zero attached hydrogens (tertiary/aromatic N) is 1. The number of likely N-dealkylation sites (tertiary alicyclic amines) is 1. The van der Waals surface area contributed by atoms with E-state index in [0.29, 0.717) is 12.5 Å². The monoisotopic (exact) mass is 199 g/mol. The Hall–Kier alpha value is -0.0800. The van der Waals surface area contributed by atoms with Gasteiger partial charge in [0.15, 0.2) is 0 Å². The highest BCUT2D eigenvalue weighted by Gasteiger charge is 2.42. The molecule has 0 bridgehead atoms. The van der Waals surface area contributed by atoms with Crippen LogP contribution in [0.3, 0.4) is 0 Å². The fourth-order valence-corrected chi connectivity index (χ4v) is 2.96. The summed E-state index contributed by atoms with van der Waals surface area (Å²) in [6.45, 7) is 9.55. The van der Waals surface area contributed by atoms with Gasteiger partial charge in [0.2, 0.25) is 0 Å². The summed E-state index contributed by atoms with van der Waals surface area (Å²) in [5.41, 5.74) is 0.531. The Morgan fingerprint density at radius 1 is 1.14 bits per heavy atom. The van der Waals surface area contributed by atoms with Gasteiger partial charge in [-0.1, -0.05) is 0 Å². The summed E-state index contributed by atoms with van der Waals surface area (Å²) >= 11 is 0. The molecule has 0 aromatic rings. The topological polar surface area (TPSA) is 23.5 Å². The van der Waals surface area contributed by atoms with Gasteiger partial charge < -0.3 is 5.11 Å². The quantitative estimate of drug-likeness (QED) is 0.737. The van der Waals surface area contributed by atoms with E-state index in [1.54, 1.807) is 0 Å². The van der Waals surface area contributed by atoms with E-state index >= 15 is 0 Å². The fraction of sp³-hybridized carbons (Fsp3) is 1.00. The second kappa shape index (κ2) is 3.82. The third kappa shape index (κ3) is 2.29. The van der Waals surface area contributed by atoms with E-state index in [2.05, 4.69) is 39.6 Å². The van der Waals surface area contributed by atoms with Crippen molar-refractivity contribution in [3.05, 3.63) is 0 Å². The summed E-state index contributed by atoms with van der Waals surface area (Å²) in [5, 5.41) is 9.01. The van der Waals surface area contributed by atoms with Gasteiger partial charge in [-0.05, 0) is 59.9 Å². The van der Waals surface area contributed by atoms with Gasteiger partial charge in [-0.2, -0.15) is 0 Å². The first kappa shape index (κ1) is 12.0. The zero-order valence-corrected chi connectivity index (χ0v) is 10.3. The summed E-state index contributed by atoms with van der Waals surface area (Å²) in [6, 6.07) is 0. The van der Waals surface area contributed by atoms with Gasteiger partial charge in [0, 0.05) is 17.7 Å². The van der Waals surface area contributed by atoms with E-state index < -0.39 is 0 Å². The lowest BCUT2D eigenvalue weighted by atomic mass is 9.73. The maximum atomic E-state index is 9.01. The molecule has 1 rings (SSSR count). The molecular weight excluding hydrogens is 174 g/mol. The number of aliphatic hydroxyl groups is 1. The molecule has 14 heavy (non-hydrogen) atoms. The number of rotatable bonds is 2. The zero-order chi connectivity index (χ0) is 11.0. The van der Waals surface area contributed by atoms with Gasteiger partial charge in [0.25, 0.3) is 0 Å². The molecule has 2 heteroatoms. The molecule has 0 unspecified atom stereocenters. The number of piperidine rings is 1. The Morgan fingerprint density at radius 2 is 1.57 bits per heavy atom. The van der Waals surface area contributed by atoms with Crippen molar-refractivity contribution in [2.75, 3.05) is 13.7 Å². The highest BCUT2D eigenvalue weighted by atomic mass is 16.3. The van der Waals surface area contributed by atoms with E-state index in [0.717, 1.165) is 6.42 Å². The van der Waals surface area contributed by atoms with E-state index in [4.69, 9.17) is 5.11 Å². The van der Waals surface area contributed by atoms with Crippen LogP contribution in [0, 0.1) is 5.92 Å². The minimum atomic E-state index is 0.265. The lowest BCUT2D eigenvalue weighted by molar-refractivity contribution is -0.0344.